The zero-order valence-electron chi connectivity index (χ0n) is 12.6. The second-order valence-electron chi connectivity index (χ2n) is 4.93. The van der Waals surface area contributed by atoms with Crippen molar-refractivity contribution in [2.45, 2.75) is 17.7 Å². The van der Waals surface area contributed by atoms with Crippen molar-refractivity contribution in [3.63, 3.8) is 0 Å². The Morgan fingerprint density at radius 2 is 1.91 bits per heavy atom. The van der Waals surface area contributed by atoms with Crippen LogP contribution in [0.15, 0.2) is 47.3 Å². The molecular formula is C15H13FN2O3S. The molecule has 5 nitrogen and oxygen atoms in total. The summed E-state index contributed by atoms with van der Waals surface area (Å²) >= 11 is 0. The quantitative estimate of drug-likeness (QED) is 0.893. The Hall–Kier alpha value is -2.41. The van der Waals surface area contributed by atoms with Crippen LogP contribution in [-0.4, -0.2) is 14.4 Å². The number of sulfonamides is 1. The van der Waals surface area contributed by atoms with Crippen LogP contribution in [-0.2, 0) is 10.0 Å². The van der Waals surface area contributed by atoms with E-state index in [0.717, 1.165) is 0 Å². The number of amides is 2. The highest BCUT2D eigenvalue weighted by atomic mass is 32.2. The van der Waals surface area contributed by atoms with Gasteiger partial charge in [-0.2, -0.15) is 0 Å². The number of nitrogens with one attached hydrogen (secondary N) is 2. The second kappa shape index (κ2) is 5.10. The standard InChI is InChI=1S/C15H13FN2O3S/c1-9(10-5-2-3-7-12(10)16)11-6-4-8-13-14(11)17-15(19)18-22(13,20)21/h2-9H,1H3,(H2,17,18,19)/i6D. The summed E-state index contributed by atoms with van der Waals surface area (Å²) in [7, 11) is -4.00. The van der Waals surface area contributed by atoms with Crippen molar-refractivity contribution in [3.8, 4) is 0 Å². The topological polar surface area (TPSA) is 75.3 Å². The van der Waals surface area contributed by atoms with Crippen molar-refractivity contribution in [2.24, 2.45) is 0 Å². The van der Waals surface area contributed by atoms with Crippen LogP contribution in [0.25, 0.3) is 0 Å². The van der Waals surface area contributed by atoms with Crippen LogP contribution >= 0.6 is 0 Å². The normalized spacial score (nSPS) is 17.7. The van der Waals surface area contributed by atoms with E-state index < -0.39 is 27.8 Å². The molecule has 0 bridgehead atoms. The fourth-order valence-corrected chi connectivity index (χ4v) is 3.57. The van der Waals surface area contributed by atoms with Gasteiger partial charge in [0.2, 0.25) is 0 Å². The molecule has 2 aromatic carbocycles. The Morgan fingerprint density at radius 1 is 1.18 bits per heavy atom. The maximum atomic E-state index is 14.0. The number of halogens is 1. The molecule has 3 rings (SSSR count). The SMILES string of the molecule is [2H]c1ccc2c(c1C(C)c1ccccc1F)NC(=O)NS2(=O)=O. The Labute approximate surface area is 128 Å². The molecule has 1 aliphatic heterocycles. The summed E-state index contributed by atoms with van der Waals surface area (Å²) in [6.45, 7) is 1.66. The number of carbonyl (C=O) groups is 1. The van der Waals surface area contributed by atoms with Gasteiger partial charge in [-0.3, -0.25) is 0 Å². The summed E-state index contributed by atoms with van der Waals surface area (Å²) in [6, 6.07) is 7.76. The Morgan fingerprint density at radius 3 is 2.64 bits per heavy atom. The molecule has 0 aliphatic carbocycles. The van der Waals surface area contributed by atoms with Gasteiger partial charge in [0.1, 0.15) is 10.7 Å². The first-order valence-corrected chi connectivity index (χ1v) is 8.01. The van der Waals surface area contributed by atoms with Crippen LogP contribution in [0, 0.1) is 5.82 Å². The number of benzene rings is 2. The minimum absolute atomic E-state index is 0.0249. The van der Waals surface area contributed by atoms with Crippen molar-refractivity contribution in [1.29, 1.82) is 0 Å². The van der Waals surface area contributed by atoms with E-state index in [1.807, 2.05) is 4.72 Å². The van der Waals surface area contributed by atoms with Crippen LogP contribution in [0.1, 0.15) is 25.3 Å². The molecular weight excluding hydrogens is 307 g/mol. The van der Waals surface area contributed by atoms with Crippen molar-refractivity contribution in [2.75, 3.05) is 5.32 Å². The highest BCUT2D eigenvalue weighted by Crippen LogP contribution is 2.36. The fraction of sp³-hybridized carbons (Fsp3) is 0.133. The minimum Gasteiger partial charge on any atom is -0.306 e. The van der Waals surface area contributed by atoms with Crippen LogP contribution < -0.4 is 10.0 Å². The first-order chi connectivity index (χ1) is 10.8. The maximum absolute atomic E-state index is 14.0. The minimum atomic E-state index is -4.00. The summed E-state index contributed by atoms with van der Waals surface area (Å²) in [5.41, 5.74) is 0.600. The third kappa shape index (κ3) is 2.33. The predicted molar refractivity (Wildman–Crippen MR) is 79.7 cm³/mol. The molecule has 2 N–H and O–H groups in total. The molecule has 1 heterocycles. The van der Waals surface area contributed by atoms with Gasteiger partial charge in [-0.05, 0) is 23.3 Å². The molecule has 0 aromatic heterocycles. The van der Waals surface area contributed by atoms with Gasteiger partial charge in [0.15, 0.2) is 0 Å². The average molecular weight is 321 g/mol. The molecule has 0 radical (unpaired) electrons. The van der Waals surface area contributed by atoms with E-state index in [0.29, 0.717) is 5.56 Å². The molecule has 2 aromatic rings. The third-order valence-corrected chi connectivity index (χ3v) is 4.92. The average Bonchev–Trinajstić information content (AvgIpc) is 2.45. The third-order valence-electron chi connectivity index (χ3n) is 3.55. The number of carbonyl (C=O) groups excluding carboxylic acids is 1. The van der Waals surface area contributed by atoms with Crippen LogP contribution in [0.3, 0.4) is 0 Å². The molecule has 0 fully saturated rings. The van der Waals surface area contributed by atoms with Gasteiger partial charge in [-0.15, -0.1) is 0 Å². The Bertz CT molecular complexity index is 915. The maximum Gasteiger partial charge on any atom is 0.333 e. The Balaban J connectivity index is 2.25. The van der Waals surface area contributed by atoms with E-state index in [2.05, 4.69) is 5.32 Å². The van der Waals surface area contributed by atoms with Crippen molar-refractivity contribution < 1.29 is 19.0 Å². The van der Waals surface area contributed by atoms with Crippen molar-refractivity contribution in [3.05, 3.63) is 59.4 Å². The van der Waals surface area contributed by atoms with E-state index in [4.69, 9.17) is 1.37 Å². The van der Waals surface area contributed by atoms with Gasteiger partial charge in [-0.25, -0.2) is 22.3 Å². The zero-order chi connectivity index (χ0) is 16.8. The van der Waals surface area contributed by atoms with Gasteiger partial charge in [0, 0.05) is 5.92 Å². The molecule has 1 atom stereocenters. The molecule has 1 aliphatic rings. The van der Waals surface area contributed by atoms with E-state index in [-0.39, 0.29) is 22.2 Å². The summed E-state index contributed by atoms with van der Waals surface area (Å²) in [5.74, 6) is -1.06. The Kier molecular flexibility index (Phi) is 3.07. The van der Waals surface area contributed by atoms with Gasteiger partial charge < -0.3 is 5.32 Å². The van der Waals surface area contributed by atoms with Gasteiger partial charge in [0.05, 0.1) is 7.06 Å². The highest BCUT2D eigenvalue weighted by Gasteiger charge is 2.31. The lowest BCUT2D eigenvalue weighted by Crippen LogP contribution is -2.39. The molecule has 114 valence electrons. The van der Waals surface area contributed by atoms with Crippen LogP contribution in [0.2, 0.25) is 0 Å². The van der Waals surface area contributed by atoms with Crippen molar-refractivity contribution >= 4 is 21.7 Å². The monoisotopic (exact) mass is 321 g/mol. The summed E-state index contributed by atoms with van der Waals surface area (Å²) in [4.78, 5) is 11.5. The molecule has 1 unspecified atom stereocenters. The van der Waals surface area contributed by atoms with E-state index in [1.165, 1.54) is 18.2 Å². The lowest BCUT2D eigenvalue weighted by atomic mass is 9.91. The molecule has 7 heteroatoms. The highest BCUT2D eigenvalue weighted by molar-refractivity contribution is 7.90. The van der Waals surface area contributed by atoms with Gasteiger partial charge in [0.25, 0.3) is 10.0 Å². The number of urea groups is 1. The van der Waals surface area contributed by atoms with E-state index in [1.54, 1.807) is 25.1 Å². The molecule has 0 saturated carbocycles. The number of rotatable bonds is 2. The predicted octanol–water partition coefficient (Wildman–Crippen LogP) is 2.80. The van der Waals surface area contributed by atoms with Crippen LogP contribution in [0.5, 0.6) is 0 Å². The van der Waals surface area contributed by atoms with Crippen molar-refractivity contribution in [1.82, 2.24) is 4.72 Å². The largest absolute Gasteiger partial charge is 0.333 e. The first kappa shape index (κ1) is 13.3. The van der Waals surface area contributed by atoms with E-state index in [9.17, 15) is 17.6 Å². The van der Waals surface area contributed by atoms with Gasteiger partial charge in [-0.1, -0.05) is 37.2 Å². The lowest BCUT2D eigenvalue weighted by molar-refractivity contribution is 0.256. The molecule has 22 heavy (non-hydrogen) atoms. The summed E-state index contributed by atoms with van der Waals surface area (Å²) in [5, 5.41) is 2.42. The number of para-hydroxylation sites is 1. The number of hydrogen-bond acceptors (Lipinski definition) is 3. The second-order valence-corrected chi connectivity index (χ2v) is 6.58. The fourth-order valence-electron chi connectivity index (χ4n) is 2.49. The summed E-state index contributed by atoms with van der Waals surface area (Å²) < 4.78 is 48.1. The molecule has 2 amide bonds. The lowest BCUT2D eigenvalue weighted by Gasteiger charge is -2.24. The first-order valence-electron chi connectivity index (χ1n) is 7.03. The van der Waals surface area contributed by atoms with E-state index >= 15 is 0 Å². The summed E-state index contributed by atoms with van der Waals surface area (Å²) in [6.07, 6.45) is 0. The number of fused-ring (bicyclic) bond motifs is 1. The zero-order valence-corrected chi connectivity index (χ0v) is 12.4. The van der Waals surface area contributed by atoms with Gasteiger partial charge >= 0.3 is 6.03 Å². The number of hydrogen-bond donors (Lipinski definition) is 2. The smallest absolute Gasteiger partial charge is 0.306 e. The molecule has 0 saturated heterocycles. The molecule has 0 spiro atoms. The number of anilines is 1. The van der Waals surface area contributed by atoms with Crippen LogP contribution in [0.4, 0.5) is 14.9 Å².